The molecule has 1 amide bonds. The molecule has 2 aromatic rings. The number of aryl methyl sites for hydroxylation is 1. The molecule has 1 N–H and O–H groups in total. The predicted molar refractivity (Wildman–Crippen MR) is 108 cm³/mol. The molecule has 1 aliphatic heterocycles. The van der Waals surface area contributed by atoms with E-state index in [1.165, 1.54) is 16.8 Å². The van der Waals surface area contributed by atoms with E-state index in [4.69, 9.17) is 4.74 Å². The molecular weight excluding hydrogens is 375 g/mol. The highest BCUT2D eigenvalue weighted by atomic mass is 19.1. The number of para-hydroxylation sites is 1. The third-order valence-corrected chi connectivity index (χ3v) is 5.03. The van der Waals surface area contributed by atoms with E-state index in [2.05, 4.69) is 15.3 Å². The summed E-state index contributed by atoms with van der Waals surface area (Å²) in [6.45, 7) is 9.64. The summed E-state index contributed by atoms with van der Waals surface area (Å²) in [5, 5.41) is 6.92. The molecule has 29 heavy (non-hydrogen) atoms. The first-order chi connectivity index (χ1) is 13.8. The Kier molecular flexibility index (Phi) is 6.44. The van der Waals surface area contributed by atoms with Crippen LogP contribution < -0.4 is 10.7 Å². The van der Waals surface area contributed by atoms with Crippen LogP contribution in [-0.2, 0) is 4.74 Å². The summed E-state index contributed by atoms with van der Waals surface area (Å²) >= 11 is 0. The second-order valence-electron chi connectivity index (χ2n) is 7.63. The predicted octanol–water partition coefficient (Wildman–Crippen LogP) is 1.91. The SMILES string of the molecule is Cc1cc(=O)c(C(=O)NCC(C)N2CC(C)OC(C)C2)nn1-c1ccccc1F. The fourth-order valence-electron chi connectivity index (χ4n) is 3.60. The molecule has 0 aliphatic carbocycles. The van der Waals surface area contributed by atoms with Crippen LogP contribution in [0.5, 0.6) is 0 Å². The number of benzene rings is 1. The Labute approximate surface area is 169 Å². The van der Waals surface area contributed by atoms with Gasteiger partial charge in [-0.3, -0.25) is 14.5 Å². The van der Waals surface area contributed by atoms with Crippen molar-refractivity contribution in [3.05, 3.63) is 57.8 Å². The van der Waals surface area contributed by atoms with E-state index < -0.39 is 17.2 Å². The minimum Gasteiger partial charge on any atom is -0.373 e. The normalized spacial score (nSPS) is 21.0. The van der Waals surface area contributed by atoms with E-state index in [1.54, 1.807) is 25.1 Å². The van der Waals surface area contributed by atoms with Crippen molar-refractivity contribution in [3.63, 3.8) is 0 Å². The number of nitrogens with zero attached hydrogens (tertiary/aromatic N) is 3. The molecule has 3 unspecified atom stereocenters. The number of hydrogen-bond acceptors (Lipinski definition) is 5. The van der Waals surface area contributed by atoms with Gasteiger partial charge in [0.1, 0.15) is 11.5 Å². The van der Waals surface area contributed by atoms with Crippen molar-refractivity contribution in [2.24, 2.45) is 0 Å². The highest BCUT2D eigenvalue weighted by Gasteiger charge is 2.26. The number of carbonyl (C=O) groups is 1. The number of hydrogen-bond donors (Lipinski definition) is 1. The van der Waals surface area contributed by atoms with E-state index in [-0.39, 0.29) is 29.6 Å². The Morgan fingerprint density at radius 3 is 2.62 bits per heavy atom. The maximum atomic E-state index is 14.2. The second kappa shape index (κ2) is 8.84. The summed E-state index contributed by atoms with van der Waals surface area (Å²) in [5.74, 6) is -1.05. The van der Waals surface area contributed by atoms with Crippen molar-refractivity contribution in [3.8, 4) is 5.69 Å². The van der Waals surface area contributed by atoms with Gasteiger partial charge in [-0.2, -0.15) is 5.10 Å². The summed E-state index contributed by atoms with van der Waals surface area (Å²) in [6.07, 6.45) is 0.257. The van der Waals surface area contributed by atoms with Gasteiger partial charge in [0.15, 0.2) is 5.69 Å². The first-order valence-electron chi connectivity index (χ1n) is 9.80. The monoisotopic (exact) mass is 402 g/mol. The number of nitrogens with one attached hydrogen (secondary N) is 1. The molecule has 3 atom stereocenters. The molecule has 3 rings (SSSR count). The van der Waals surface area contributed by atoms with Gasteiger partial charge in [0.25, 0.3) is 5.91 Å². The quantitative estimate of drug-likeness (QED) is 0.827. The van der Waals surface area contributed by atoms with E-state index in [0.717, 1.165) is 13.1 Å². The summed E-state index contributed by atoms with van der Waals surface area (Å²) in [7, 11) is 0. The average molecular weight is 402 g/mol. The topological polar surface area (TPSA) is 76.5 Å². The van der Waals surface area contributed by atoms with Crippen molar-refractivity contribution < 1.29 is 13.9 Å². The molecule has 156 valence electrons. The van der Waals surface area contributed by atoms with Gasteiger partial charge in [-0.05, 0) is 39.8 Å². The minimum absolute atomic E-state index is 0.0759. The Morgan fingerprint density at radius 2 is 1.97 bits per heavy atom. The Balaban J connectivity index is 1.75. The fraction of sp³-hybridized carbons (Fsp3) is 0.476. The Hall–Kier alpha value is -2.58. The largest absolute Gasteiger partial charge is 0.373 e. The molecule has 1 saturated heterocycles. The first-order valence-corrected chi connectivity index (χ1v) is 9.80. The van der Waals surface area contributed by atoms with Gasteiger partial charge in [0.2, 0.25) is 5.43 Å². The van der Waals surface area contributed by atoms with Crippen LogP contribution in [0.3, 0.4) is 0 Å². The standard InChI is InChI=1S/C21H27FN4O3/c1-13-9-19(27)20(24-26(13)18-8-6-5-7-17(18)22)21(28)23-10-14(2)25-11-15(3)29-16(4)12-25/h5-9,14-16H,10-12H2,1-4H3,(H,23,28). The number of carbonyl (C=O) groups excluding carboxylic acids is 1. The number of halogens is 1. The van der Waals surface area contributed by atoms with Crippen LogP contribution in [-0.4, -0.2) is 58.5 Å². The van der Waals surface area contributed by atoms with Gasteiger partial charge in [0.05, 0.1) is 12.2 Å². The number of morpholine rings is 1. The van der Waals surface area contributed by atoms with Gasteiger partial charge in [-0.15, -0.1) is 0 Å². The zero-order valence-corrected chi connectivity index (χ0v) is 17.2. The molecule has 1 fully saturated rings. The highest BCUT2D eigenvalue weighted by Crippen LogP contribution is 2.14. The van der Waals surface area contributed by atoms with E-state index >= 15 is 0 Å². The molecule has 8 heteroatoms. The minimum atomic E-state index is -0.568. The molecule has 7 nitrogen and oxygen atoms in total. The molecule has 2 heterocycles. The molecule has 1 aromatic heterocycles. The zero-order chi connectivity index (χ0) is 21.1. The number of rotatable bonds is 5. The van der Waals surface area contributed by atoms with Crippen molar-refractivity contribution in [2.75, 3.05) is 19.6 Å². The maximum Gasteiger partial charge on any atom is 0.275 e. The smallest absolute Gasteiger partial charge is 0.275 e. The lowest BCUT2D eigenvalue weighted by Gasteiger charge is -2.38. The van der Waals surface area contributed by atoms with Crippen molar-refractivity contribution in [1.29, 1.82) is 0 Å². The lowest BCUT2D eigenvalue weighted by atomic mass is 10.1. The third-order valence-electron chi connectivity index (χ3n) is 5.03. The van der Waals surface area contributed by atoms with Gasteiger partial charge in [-0.1, -0.05) is 12.1 Å². The second-order valence-corrected chi connectivity index (χ2v) is 7.63. The lowest BCUT2D eigenvalue weighted by molar-refractivity contribution is -0.0778. The summed E-state index contributed by atoms with van der Waals surface area (Å²) in [5.41, 5.74) is -0.117. The zero-order valence-electron chi connectivity index (χ0n) is 17.2. The summed E-state index contributed by atoms with van der Waals surface area (Å²) in [6, 6.07) is 7.46. The van der Waals surface area contributed by atoms with Gasteiger partial charge < -0.3 is 10.1 Å². The van der Waals surface area contributed by atoms with Crippen molar-refractivity contribution in [2.45, 2.75) is 45.9 Å². The first kappa shape index (κ1) is 21.1. The molecular formula is C21H27FN4O3. The van der Waals surface area contributed by atoms with Gasteiger partial charge in [0, 0.05) is 37.4 Å². The number of ether oxygens (including phenoxy) is 1. The Morgan fingerprint density at radius 1 is 1.31 bits per heavy atom. The molecule has 1 aromatic carbocycles. The highest BCUT2D eigenvalue weighted by molar-refractivity contribution is 5.92. The van der Waals surface area contributed by atoms with Crippen LogP contribution in [0.2, 0.25) is 0 Å². The van der Waals surface area contributed by atoms with E-state index in [9.17, 15) is 14.0 Å². The summed E-state index contributed by atoms with van der Waals surface area (Å²) in [4.78, 5) is 27.2. The Bertz CT molecular complexity index is 936. The van der Waals surface area contributed by atoms with Crippen LogP contribution >= 0.6 is 0 Å². The fourth-order valence-corrected chi connectivity index (χ4v) is 3.60. The van der Waals surface area contributed by atoms with Gasteiger partial charge >= 0.3 is 0 Å². The average Bonchev–Trinajstić information content (AvgIpc) is 2.66. The van der Waals surface area contributed by atoms with Gasteiger partial charge in [-0.25, -0.2) is 9.07 Å². The maximum absolute atomic E-state index is 14.2. The molecule has 1 aliphatic rings. The van der Waals surface area contributed by atoms with Crippen LogP contribution in [0.1, 0.15) is 37.0 Å². The van der Waals surface area contributed by atoms with Crippen molar-refractivity contribution >= 4 is 5.91 Å². The molecule has 0 saturated carbocycles. The van der Waals surface area contributed by atoms with Crippen LogP contribution in [0, 0.1) is 12.7 Å². The number of aromatic nitrogens is 2. The van der Waals surface area contributed by atoms with E-state index in [1.807, 2.05) is 20.8 Å². The van der Waals surface area contributed by atoms with Crippen LogP contribution in [0.25, 0.3) is 5.69 Å². The van der Waals surface area contributed by atoms with E-state index in [0.29, 0.717) is 12.2 Å². The lowest BCUT2D eigenvalue weighted by Crippen LogP contribution is -2.52. The molecule has 0 spiro atoms. The number of amides is 1. The van der Waals surface area contributed by atoms with Crippen LogP contribution in [0.4, 0.5) is 4.39 Å². The van der Waals surface area contributed by atoms with Crippen LogP contribution in [0.15, 0.2) is 35.1 Å². The third kappa shape index (κ3) is 4.89. The van der Waals surface area contributed by atoms with Crippen molar-refractivity contribution in [1.82, 2.24) is 20.0 Å². The summed E-state index contributed by atoms with van der Waals surface area (Å²) < 4.78 is 21.2. The molecule has 0 radical (unpaired) electrons. The molecule has 0 bridgehead atoms.